The molecule has 0 bridgehead atoms. The summed E-state index contributed by atoms with van der Waals surface area (Å²) in [6.45, 7) is 1.54. The van der Waals surface area contributed by atoms with Crippen molar-refractivity contribution in [3.05, 3.63) is 17.4 Å². The van der Waals surface area contributed by atoms with Gasteiger partial charge in [0.05, 0.1) is 11.2 Å². The van der Waals surface area contributed by atoms with Crippen molar-refractivity contribution in [2.45, 2.75) is 13.0 Å². The molecule has 10 heavy (non-hydrogen) atoms. The molecule has 0 aliphatic heterocycles. The first kappa shape index (κ1) is 7.57. The lowest BCUT2D eigenvalue weighted by molar-refractivity contribution is 0.585. The molecule has 1 aromatic heterocycles. The molecule has 3 nitrogen and oxygen atoms in total. The minimum atomic E-state index is 0.678. The van der Waals surface area contributed by atoms with Crippen molar-refractivity contribution in [3.8, 4) is 0 Å². The predicted octanol–water partition coefficient (Wildman–Crippen LogP) is 0.885. The zero-order valence-electron chi connectivity index (χ0n) is 5.63. The van der Waals surface area contributed by atoms with Crippen molar-refractivity contribution in [1.29, 1.82) is 0 Å². The number of aryl methyl sites for hydroxylation is 1. The Labute approximate surface area is 64.8 Å². The smallest absolute Gasteiger partial charge is 0.0785 e. The molecule has 0 atom stereocenters. The summed E-state index contributed by atoms with van der Waals surface area (Å²) in [5, 5.41) is 4.66. The SMILES string of the molecule is NCCCn1cc(Cl)cn1. The van der Waals surface area contributed by atoms with E-state index in [0.29, 0.717) is 11.6 Å². The lowest BCUT2D eigenvalue weighted by Gasteiger charge is -1.96. The highest BCUT2D eigenvalue weighted by molar-refractivity contribution is 6.30. The summed E-state index contributed by atoms with van der Waals surface area (Å²) in [4.78, 5) is 0. The molecule has 1 heterocycles. The molecule has 0 radical (unpaired) electrons. The van der Waals surface area contributed by atoms with Crippen molar-refractivity contribution in [2.24, 2.45) is 5.73 Å². The molecule has 2 N–H and O–H groups in total. The molecular formula is C6H10ClN3. The van der Waals surface area contributed by atoms with Crippen molar-refractivity contribution >= 4 is 11.6 Å². The zero-order valence-corrected chi connectivity index (χ0v) is 6.38. The average molecular weight is 160 g/mol. The van der Waals surface area contributed by atoms with Crippen LogP contribution < -0.4 is 5.73 Å². The maximum atomic E-state index is 5.62. The van der Waals surface area contributed by atoms with E-state index in [2.05, 4.69) is 5.10 Å². The number of halogens is 1. The second kappa shape index (κ2) is 3.58. The van der Waals surface area contributed by atoms with Gasteiger partial charge in [-0.2, -0.15) is 5.10 Å². The highest BCUT2D eigenvalue weighted by Gasteiger charge is 1.92. The van der Waals surface area contributed by atoms with E-state index >= 15 is 0 Å². The number of hydrogen-bond donors (Lipinski definition) is 1. The number of hydrogen-bond acceptors (Lipinski definition) is 2. The van der Waals surface area contributed by atoms with Gasteiger partial charge in [-0.05, 0) is 13.0 Å². The second-order valence-electron chi connectivity index (χ2n) is 2.06. The van der Waals surface area contributed by atoms with Gasteiger partial charge in [0.1, 0.15) is 0 Å². The Hall–Kier alpha value is -0.540. The van der Waals surface area contributed by atoms with Gasteiger partial charge in [0, 0.05) is 12.7 Å². The lowest BCUT2D eigenvalue weighted by atomic mass is 10.4. The van der Waals surface area contributed by atoms with Crippen LogP contribution in [0.5, 0.6) is 0 Å². The van der Waals surface area contributed by atoms with E-state index in [4.69, 9.17) is 17.3 Å². The van der Waals surface area contributed by atoms with Crippen LogP contribution in [-0.4, -0.2) is 16.3 Å². The quantitative estimate of drug-likeness (QED) is 0.712. The van der Waals surface area contributed by atoms with Crippen LogP contribution in [-0.2, 0) is 6.54 Å². The van der Waals surface area contributed by atoms with Crippen molar-refractivity contribution < 1.29 is 0 Å². The molecule has 0 fully saturated rings. The van der Waals surface area contributed by atoms with Crippen LogP contribution in [0.3, 0.4) is 0 Å². The average Bonchev–Trinajstić information content (AvgIpc) is 2.31. The molecule has 0 aromatic carbocycles. The van der Waals surface area contributed by atoms with Gasteiger partial charge < -0.3 is 5.73 Å². The van der Waals surface area contributed by atoms with Crippen molar-refractivity contribution in [3.63, 3.8) is 0 Å². The van der Waals surface area contributed by atoms with E-state index < -0.39 is 0 Å². The van der Waals surface area contributed by atoms with Gasteiger partial charge >= 0.3 is 0 Å². The number of rotatable bonds is 3. The zero-order chi connectivity index (χ0) is 7.40. The molecule has 0 saturated heterocycles. The van der Waals surface area contributed by atoms with E-state index in [9.17, 15) is 0 Å². The van der Waals surface area contributed by atoms with Gasteiger partial charge in [0.15, 0.2) is 0 Å². The Bertz CT molecular complexity index is 197. The normalized spacial score (nSPS) is 10.2. The summed E-state index contributed by atoms with van der Waals surface area (Å²) in [5.74, 6) is 0. The van der Waals surface area contributed by atoms with Crippen molar-refractivity contribution in [1.82, 2.24) is 9.78 Å². The summed E-state index contributed by atoms with van der Waals surface area (Å²) in [6, 6.07) is 0. The number of nitrogens with zero attached hydrogens (tertiary/aromatic N) is 2. The fourth-order valence-corrected chi connectivity index (χ4v) is 0.870. The van der Waals surface area contributed by atoms with Crippen LogP contribution in [0.1, 0.15) is 6.42 Å². The molecule has 0 saturated carbocycles. The third-order valence-electron chi connectivity index (χ3n) is 1.19. The second-order valence-corrected chi connectivity index (χ2v) is 2.50. The minimum Gasteiger partial charge on any atom is -0.330 e. The van der Waals surface area contributed by atoms with Crippen molar-refractivity contribution in [2.75, 3.05) is 6.54 Å². The highest BCUT2D eigenvalue weighted by atomic mass is 35.5. The number of aromatic nitrogens is 2. The molecule has 56 valence electrons. The van der Waals surface area contributed by atoms with E-state index in [-0.39, 0.29) is 0 Å². The summed E-state index contributed by atoms with van der Waals surface area (Å²) >= 11 is 5.62. The van der Waals surface area contributed by atoms with Gasteiger partial charge in [0.25, 0.3) is 0 Å². The summed E-state index contributed by atoms with van der Waals surface area (Å²) in [7, 11) is 0. The van der Waals surface area contributed by atoms with E-state index in [1.807, 2.05) is 0 Å². The summed E-state index contributed by atoms with van der Waals surface area (Å²) < 4.78 is 1.79. The topological polar surface area (TPSA) is 43.8 Å². The van der Waals surface area contributed by atoms with Gasteiger partial charge in [0.2, 0.25) is 0 Å². The third-order valence-corrected chi connectivity index (χ3v) is 1.39. The van der Waals surface area contributed by atoms with Crippen LogP contribution in [0.4, 0.5) is 0 Å². The lowest BCUT2D eigenvalue weighted by Crippen LogP contribution is -2.05. The number of nitrogens with two attached hydrogens (primary N) is 1. The maximum absolute atomic E-state index is 5.62. The molecule has 0 amide bonds. The largest absolute Gasteiger partial charge is 0.330 e. The maximum Gasteiger partial charge on any atom is 0.0785 e. The fraction of sp³-hybridized carbons (Fsp3) is 0.500. The molecule has 0 unspecified atom stereocenters. The Balaban J connectivity index is 2.42. The first-order valence-electron chi connectivity index (χ1n) is 3.21. The van der Waals surface area contributed by atoms with E-state index in [1.165, 1.54) is 0 Å². The minimum absolute atomic E-state index is 0.678. The third kappa shape index (κ3) is 2.01. The van der Waals surface area contributed by atoms with E-state index in [0.717, 1.165) is 13.0 Å². The molecule has 0 spiro atoms. The monoisotopic (exact) mass is 159 g/mol. The molecule has 4 heteroatoms. The highest BCUT2D eigenvalue weighted by Crippen LogP contribution is 2.04. The van der Waals surface area contributed by atoms with Gasteiger partial charge in [-0.3, -0.25) is 4.68 Å². The fourth-order valence-electron chi connectivity index (χ4n) is 0.714. The van der Waals surface area contributed by atoms with Gasteiger partial charge in [-0.25, -0.2) is 0 Å². The molecule has 1 rings (SSSR count). The Morgan fingerprint density at radius 1 is 1.70 bits per heavy atom. The Kier molecular flexibility index (Phi) is 2.71. The van der Waals surface area contributed by atoms with Crippen LogP contribution in [0.15, 0.2) is 12.4 Å². The van der Waals surface area contributed by atoms with E-state index in [1.54, 1.807) is 17.1 Å². The first-order chi connectivity index (χ1) is 4.83. The Morgan fingerprint density at radius 2 is 2.50 bits per heavy atom. The van der Waals surface area contributed by atoms with Crippen LogP contribution in [0.2, 0.25) is 5.02 Å². The predicted molar refractivity (Wildman–Crippen MR) is 40.9 cm³/mol. The molecular weight excluding hydrogens is 150 g/mol. The van der Waals surface area contributed by atoms with Gasteiger partial charge in [-0.1, -0.05) is 11.6 Å². The molecule has 0 aliphatic carbocycles. The first-order valence-corrected chi connectivity index (χ1v) is 3.59. The van der Waals surface area contributed by atoms with Crippen LogP contribution in [0.25, 0.3) is 0 Å². The molecule has 0 aliphatic rings. The Morgan fingerprint density at radius 3 is 3.00 bits per heavy atom. The summed E-state index contributed by atoms with van der Waals surface area (Å²) in [6.07, 6.45) is 4.35. The van der Waals surface area contributed by atoms with Gasteiger partial charge in [-0.15, -0.1) is 0 Å². The molecule has 1 aromatic rings. The standard InChI is InChI=1S/C6H10ClN3/c7-6-4-9-10(5-6)3-1-2-8/h4-5H,1-3,8H2. The van der Waals surface area contributed by atoms with Crippen LogP contribution >= 0.6 is 11.6 Å². The summed E-state index contributed by atoms with van der Waals surface area (Å²) in [5.41, 5.74) is 5.31. The van der Waals surface area contributed by atoms with Crippen LogP contribution in [0, 0.1) is 0 Å².